The lowest BCUT2D eigenvalue weighted by Gasteiger charge is -2.10. The van der Waals surface area contributed by atoms with Crippen LogP contribution in [0, 0.1) is 0 Å². The number of nitrogens with zero attached hydrogens (tertiary/aromatic N) is 3. The third kappa shape index (κ3) is 3.61. The summed E-state index contributed by atoms with van der Waals surface area (Å²) in [5.74, 6) is -0.108. The molecule has 0 aliphatic rings. The van der Waals surface area contributed by atoms with Gasteiger partial charge >= 0.3 is 6.18 Å². The molecule has 0 unspecified atom stereocenters. The summed E-state index contributed by atoms with van der Waals surface area (Å²) < 4.78 is 39.0. The summed E-state index contributed by atoms with van der Waals surface area (Å²) in [6.07, 6.45) is -1.91. The number of amides is 1. The minimum Gasteiger partial charge on any atom is -0.359 e. The number of alkyl halides is 3. The van der Waals surface area contributed by atoms with Gasteiger partial charge in [-0.25, -0.2) is 9.50 Å². The summed E-state index contributed by atoms with van der Waals surface area (Å²) in [5.41, 5.74) is -0.854. The topological polar surface area (TPSA) is 71.3 Å². The summed E-state index contributed by atoms with van der Waals surface area (Å²) in [6, 6.07) is 0.866. The first-order valence-electron chi connectivity index (χ1n) is 6.22. The molecule has 2 aromatic rings. The zero-order valence-corrected chi connectivity index (χ0v) is 11.4. The van der Waals surface area contributed by atoms with E-state index in [1.54, 1.807) is 0 Å². The second-order valence-corrected chi connectivity index (χ2v) is 4.71. The molecule has 6 nitrogen and oxygen atoms in total. The van der Waals surface area contributed by atoms with E-state index in [1.165, 1.54) is 12.4 Å². The van der Waals surface area contributed by atoms with Crippen LogP contribution in [0.4, 0.5) is 19.0 Å². The Labute approximate surface area is 118 Å². The van der Waals surface area contributed by atoms with Gasteiger partial charge in [-0.05, 0) is 13.8 Å². The highest BCUT2D eigenvalue weighted by atomic mass is 19.4. The lowest BCUT2D eigenvalue weighted by atomic mass is 10.3. The number of anilines is 1. The van der Waals surface area contributed by atoms with Gasteiger partial charge in [0.15, 0.2) is 11.5 Å². The first-order valence-corrected chi connectivity index (χ1v) is 6.22. The van der Waals surface area contributed by atoms with E-state index in [4.69, 9.17) is 0 Å². The molecule has 114 valence electrons. The highest BCUT2D eigenvalue weighted by molar-refractivity contribution is 5.82. The van der Waals surface area contributed by atoms with E-state index in [0.717, 1.165) is 10.6 Å². The number of nitrogens with one attached hydrogen (secondary N) is 2. The molecule has 0 aliphatic carbocycles. The van der Waals surface area contributed by atoms with Crippen LogP contribution in [0.2, 0.25) is 0 Å². The Morgan fingerprint density at radius 1 is 1.43 bits per heavy atom. The first kappa shape index (κ1) is 15.1. The maximum atomic E-state index is 12.6. The number of hydrogen-bond acceptors (Lipinski definition) is 4. The van der Waals surface area contributed by atoms with Crippen molar-refractivity contribution in [2.45, 2.75) is 26.1 Å². The van der Waals surface area contributed by atoms with Gasteiger partial charge < -0.3 is 10.6 Å². The molecule has 21 heavy (non-hydrogen) atoms. The lowest BCUT2D eigenvalue weighted by molar-refractivity contribution is -0.141. The van der Waals surface area contributed by atoms with Gasteiger partial charge in [0.25, 0.3) is 0 Å². The fourth-order valence-corrected chi connectivity index (χ4v) is 1.73. The largest absolute Gasteiger partial charge is 0.435 e. The number of rotatable bonds is 4. The molecule has 0 saturated heterocycles. The third-order valence-electron chi connectivity index (χ3n) is 2.55. The molecule has 0 fully saturated rings. The van der Waals surface area contributed by atoms with Crippen LogP contribution >= 0.6 is 0 Å². The highest BCUT2D eigenvalue weighted by Crippen LogP contribution is 2.29. The Morgan fingerprint density at radius 2 is 2.14 bits per heavy atom. The van der Waals surface area contributed by atoms with E-state index in [2.05, 4.69) is 20.7 Å². The van der Waals surface area contributed by atoms with Crippen molar-refractivity contribution in [2.24, 2.45) is 0 Å². The van der Waals surface area contributed by atoms with Crippen molar-refractivity contribution in [1.29, 1.82) is 0 Å². The van der Waals surface area contributed by atoms with Gasteiger partial charge in [0.1, 0.15) is 5.52 Å². The molecule has 0 atom stereocenters. The number of fused-ring (bicyclic) bond motifs is 1. The van der Waals surface area contributed by atoms with Gasteiger partial charge in [-0.2, -0.15) is 18.3 Å². The number of carbonyl (C=O) groups excluding carboxylic acids is 1. The van der Waals surface area contributed by atoms with Crippen molar-refractivity contribution in [3.8, 4) is 0 Å². The van der Waals surface area contributed by atoms with Crippen LogP contribution in [0.5, 0.6) is 0 Å². The molecule has 2 aromatic heterocycles. The zero-order chi connectivity index (χ0) is 15.6. The second-order valence-electron chi connectivity index (χ2n) is 4.71. The molecule has 0 bridgehead atoms. The molecule has 0 spiro atoms. The fraction of sp³-hybridized carbons (Fsp3) is 0.417. The van der Waals surface area contributed by atoms with Crippen molar-refractivity contribution in [1.82, 2.24) is 19.9 Å². The molecule has 0 saturated carbocycles. The van der Waals surface area contributed by atoms with Gasteiger partial charge in [-0.1, -0.05) is 0 Å². The van der Waals surface area contributed by atoms with Crippen LogP contribution in [0.3, 0.4) is 0 Å². The van der Waals surface area contributed by atoms with E-state index in [9.17, 15) is 18.0 Å². The number of carbonyl (C=O) groups is 1. The van der Waals surface area contributed by atoms with Crippen LogP contribution in [0.25, 0.3) is 5.52 Å². The molecule has 0 aromatic carbocycles. The molecular weight excluding hydrogens is 287 g/mol. The molecule has 2 rings (SSSR count). The van der Waals surface area contributed by atoms with Crippen LogP contribution in [0.1, 0.15) is 19.5 Å². The van der Waals surface area contributed by atoms with Crippen LogP contribution in [0.15, 0.2) is 18.5 Å². The van der Waals surface area contributed by atoms with Gasteiger partial charge in [0, 0.05) is 24.5 Å². The Balaban J connectivity index is 2.20. The van der Waals surface area contributed by atoms with E-state index in [1.807, 2.05) is 13.8 Å². The maximum absolute atomic E-state index is 12.6. The van der Waals surface area contributed by atoms with E-state index >= 15 is 0 Å². The smallest absolute Gasteiger partial charge is 0.359 e. The molecule has 9 heteroatoms. The Hall–Kier alpha value is -2.32. The van der Waals surface area contributed by atoms with Crippen LogP contribution in [-0.2, 0) is 11.0 Å². The Morgan fingerprint density at radius 3 is 2.76 bits per heavy atom. The van der Waals surface area contributed by atoms with Crippen molar-refractivity contribution in [3.05, 3.63) is 24.2 Å². The van der Waals surface area contributed by atoms with Crippen LogP contribution in [-0.4, -0.2) is 33.1 Å². The van der Waals surface area contributed by atoms with Crippen LogP contribution < -0.4 is 10.6 Å². The van der Waals surface area contributed by atoms with Crippen molar-refractivity contribution < 1.29 is 18.0 Å². The summed E-state index contributed by atoms with van der Waals surface area (Å²) in [7, 11) is 0. The summed E-state index contributed by atoms with van der Waals surface area (Å²) in [4.78, 5) is 15.5. The van der Waals surface area contributed by atoms with Gasteiger partial charge in [0.05, 0.1) is 6.54 Å². The molecule has 2 N–H and O–H groups in total. The maximum Gasteiger partial charge on any atom is 0.435 e. The zero-order valence-electron chi connectivity index (χ0n) is 11.4. The normalized spacial score (nSPS) is 11.9. The van der Waals surface area contributed by atoms with Crippen molar-refractivity contribution >= 4 is 17.2 Å². The minimum atomic E-state index is -4.53. The Kier molecular flexibility index (Phi) is 4.01. The monoisotopic (exact) mass is 301 g/mol. The molecule has 1 amide bonds. The van der Waals surface area contributed by atoms with E-state index in [0.29, 0.717) is 0 Å². The third-order valence-corrected chi connectivity index (χ3v) is 2.55. The average Bonchev–Trinajstić information content (AvgIpc) is 2.79. The SMILES string of the molecule is CC(C)NC(=O)CNc1nccn2nc(C(F)(F)F)cc12. The lowest BCUT2D eigenvalue weighted by Crippen LogP contribution is -2.35. The number of aromatic nitrogens is 3. The highest BCUT2D eigenvalue weighted by Gasteiger charge is 2.34. The quantitative estimate of drug-likeness (QED) is 0.901. The number of hydrogen-bond donors (Lipinski definition) is 2. The van der Waals surface area contributed by atoms with E-state index < -0.39 is 11.9 Å². The predicted octanol–water partition coefficient (Wildman–Crippen LogP) is 1.68. The Bertz CT molecular complexity index is 650. The van der Waals surface area contributed by atoms with Gasteiger partial charge in [0.2, 0.25) is 5.91 Å². The predicted molar refractivity (Wildman–Crippen MR) is 69.8 cm³/mol. The minimum absolute atomic E-state index is 0.0187. The molecule has 0 radical (unpaired) electrons. The molecular formula is C12H14F3N5O. The fourth-order valence-electron chi connectivity index (χ4n) is 1.73. The standard InChI is InChI=1S/C12H14F3N5O/c1-7(2)18-10(21)6-17-11-8-5-9(12(13,14)15)19-20(8)4-3-16-11/h3-5,7H,6H2,1-2H3,(H,16,17)(H,18,21). The van der Waals surface area contributed by atoms with Crippen molar-refractivity contribution in [3.63, 3.8) is 0 Å². The number of halogens is 3. The van der Waals surface area contributed by atoms with Gasteiger partial charge in [-0.3, -0.25) is 4.79 Å². The first-order chi connectivity index (χ1) is 9.77. The summed E-state index contributed by atoms with van der Waals surface area (Å²) >= 11 is 0. The second kappa shape index (κ2) is 5.58. The van der Waals surface area contributed by atoms with E-state index in [-0.39, 0.29) is 29.8 Å². The van der Waals surface area contributed by atoms with Crippen molar-refractivity contribution in [2.75, 3.05) is 11.9 Å². The summed E-state index contributed by atoms with van der Waals surface area (Å²) in [5, 5.41) is 8.80. The summed E-state index contributed by atoms with van der Waals surface area (Å²) in [6.45, 7) is 3.53. The molecule has 2 heterocycles. The van der Waals surface area contributed by atoms with Gasteiger partial charge in [-0.15, -0.1) is 0 Å². The molecule has 0 aliphatic heterocycles. The average molecular weight is 301 g/mol.